The fourth-order valence-electron chi connectivity index (χ4n) is 4.82. The Morgan fingerprint density at radius 3 is 2.58 bits per heavy atom. The lowest BCUT2D eigenvalue weighted by atomic mass is 10.1. The van der Waals surface area contributed by atoms with Crippen LogP contribution < -0.4 is 19.5 Å². The van der Waals surface area contributed by atoms with Gasteiger partial charge in [-0.05, 0) is 49.9 Å². The van der Waals surface area contributed by atoms with Crippen molar-refractivity contribution in [2.75, 3.05) is 65.8 Å². The van der Waals surface area contributed by atoms with Crippen LogP contribution in [0.4, 0.5) is 11.4 Å². The molecule has 200 valence electrons. The molecule has 38 heavy (non-hydrogen) atoms. The number of hydrogen-bond acceptors (Lipinski definition) is 8. The van der Waals surface area contributed by atoms with Crippen molar-refractivity contribution in [3.8, 4) is 23.3 Å². The van der Waals surface area contributed by atoms with E-state index < -0.39 is 6.98 Å². The number of anilines is 2. The van der Waals surface area contributed by atoms with Gasteiger partial charge in [-0.15, -0.1) is 0 Å². The summed E-state index contributed by atoms with van der Waals surface area (Å²) in [6.45, 7) is 1.75. The van der Waals surface area contributed by atoms with Crippen molar-refractivity contribution in [3.63, 3.8) is 0 Å². The van der Waals surface area contributed by atoms with Crippen LogP contribution >= 0.6 is 11.6 Å². The van der Waals surface area contributed by atoms with E-state index in [9.17, 15) is 5.26 Å². The second-order valence-electron chi connectivity index (χ2n) is 9.68. The molecule has 1 aromatic heterocycles. The molecule has 2 fully saturated rings. The predicted molar refractivity (Wildman–Crippen MR) is 150 cm³/mol. The van der Waals surface area contributed by atoms with Crippen LogP contribution in [0.5, 0.6) is 17.2 Å². The molecule has 1 aliphatic heterocycles. The first-order chi connectivity index (χ1) is 19.7. The highest BCUT2D eigenvalue weighted by Gasteiger charge is 2.28. The molecule has 0 bridgehead atoms. The number of hydrogen-bond donors (Lipinski definition) is 1. The molecular formula is C29H34ClN5O3. The van der Waals surface area contributed by atoms with Gasteiger partial charge in [0.05, 0.1) is 48.3 Å². The predicted octanol–water partition coefficient (Wildman–Crippen LogP) is 5.41. The minimum Gasteiger partial charge on any atom is -0.496 e. The molecule has 1 N–H and O–H groups in total. The molecule has 9 heteroatoms. The summed E-state index contributed by atoms with van der Waals surface area (Å²) in [5.41, 5.74) is 3.32. The standard InChI is InChI=1S/C29H34ClN5O3/c1-34-8-10-35(11-9-34)7-4-12-38-28-15-24-22(14-27(28)37-3)29(20(17-31)18-32-24)33-25-16-26(36-2)21(13-23(25)30)19-5-6-19/h13-16,18-19H,4-12H2,1-3H3,(H,32,33)/i1D3. The molecule has 2 heterocycles. The van der Waals surface area contributed by atoms with Crippen LogP contribution in [0.15, 0.2) is 30.5 Å². The summed E-state index contributed by atoms with van der Waals surface area (Å²) in [6.07, 6.45) is 4.56. The third-order valence-corrected chi connectivity index (χ3v) is 7.43. The molecule has 8 nitrogen and oxygen atoms in total. The van der Waals surface area contributed by atoms with Crippen LogP contribution in [0.25, 0.3) is 10.9 Å². The van der Waals surface area contributed by atoms with Crippen LogP contribution in [0.3, 0.4) is 0 Å². The fraction of sp³-hybridized carbons (Fsp3) is 0.448. The molecule has 0 spiro atoms. The number of ether oxygens (including phenoxy) is 3. The Balaban J connectivity index is 1.31. The first-order valence-corrected chi connectivity index (χ1v) is 13.2. The monoisotopic (exact) mass is 538 g/mol. The highest BCUT2D eigenvalue weighted by atomic mass is 35.5. The maximum atomic E-state index is 9.86. The Morgan fingerprint density at radius 1 is 1.11 bits per heavy atom. The van der Waals surface area contributed by atoms with Crippen LogP contribution in [0.1, 0.15) is 40.4 Å². The van der Waals surface area contributed by atoms with E-state index in [0.29, 0.717) is 70.0 Å². The summed E-state index contributed by atoms with van der Waals surface area (Å²) < 4.78 is 40.1. The van der Waals surface area contributed by atoms with Gasteiger partial charge in [0.1, 0.15) is 11.8 Å². The number of nitrogens with one attached hydrogen (secondary N) is 1. The molecule has 1 saturated heterocycles. The van der Waals surface area contributed by atoms with Crippen molar-refractivity contribution >= 4 is 33.9 Å². The molecule has 0 radical (unpaired) electrons. The van der Waals surface area contributed by atoms with Gasteiger partial charge in [0.2, 0.25) is 0 Å². The number of rotatable bonds is 10. The van der Waals surface area contributed by atoms with E-state index in [1.165, 1.54) is 6.20 Å². The van der Waals surface area contributed by atoms with Gasteiger partial charge in [0.15, 0.2) is 11.5 Å². The zero-order valence-electron chi connectivity index (χ0n) is 24.7. The van der Waals surface area contributed by atoms with E-state index >= 15 is 0 Å². The lowest BCUT2D eigenvalue weighted by molar-refractivity contribution is 0.145. The zero-order chi connectivity index (χ0) is 29.1. The van der Waals surface area contributed by atoms with Crippen LogP contribution in [0.2, 0.25) is 5.02 Å². The van der Waals surface area contributed by atoms with E-state index in [1.54, 1.807) is 19.1 Å². The largest absolute Gasteiger partial charge is 0.496 e. The summed E-state index contributed by atoms with van der Waals surface area (Å²) in [7, 11) is 3.22. The summed E-state index contributed by atoms with van der Waals surface area (Å²) in [5, 5.41) is 14.5. The number of methoxy groups -OCH3 is 2. The van der Waals surface area contributed by atoms with E-state index in [1.807, 2.05) is 24.3 Å². The Hall–Kier alpha value is -3.25. The minimum atomic E-state index is -2.03. The summed E-state index contributed by atoms with van der Waals surface area (Å²) >= 11 is 6.67. The van der Waals surface area contributed by atoms with E-state index in [2.05, 4.69) is 21.3 Å². The van der Waals surface area contributed by atoms with Crippen molar-refractivity contribution in [3.05, 3.63) is 46.6 Å². The molecule has 3 aromatic rings. The van der Waals surface area contributed by atoms with Gasteiger partial charge in [0, 0.05) is 60.6 Å². The fourth-order valence-corrected chi connectivity index (χ4v) is 5.04. The summed E-state index contributed by atoms with van der Waals surface area (Å²) in [4.78, 5) is 8.30. The van der Waals surface area contributed by atoms with Crippen molar-refractivity contribution in [1.82, 2.24) is 14.8 Å². The molecule has 0 unspecified atom stereocenters. The number of likely N-dealkylation sites (N-methyl/N-ethyl adjacent to an activating group) is 1. The first kappa shape index (κ1) is 22.7. The van der Waals surface area contributed by atoms with Gasteiger partial charge < -0.3 is 29.3 Å². The number of nitrogens with zero attached hydrogens (tertiary/aromatic N) is 4. The lowest BCUT2D eigenvalue weighted by Crippen LogP contribution is -2.44. The minimum absolute atomic E-state index is 0.369. The Kier molecular flexibility index (Phi) is 6.96. The third kappa shape index (κ3) is 5.75. The molecule has 2 aliphatic rings. The quantitative estimate of drug-likeness (QED) is 0.343. The van der Waals surface area contributed by atoms with Gasteiger partial charge in [-0.1, -0.05) is 11.6 Å². The van der Waals surface area contributed by atoms with Gasteiger partial charge in [-0.2, -0.15) is 5.26 Å². The van der Waals surface area contributed by atoms with Gasteiger partial charge in [-0.25, -0.2) is 0 Å². The summed E-state index contributed by atoms with van der Waals surface area (Å²) in [5.74, 6) is 2.33. The number of aromatic nitrogens is 1. The maximum absolute atomic E-state index is 9.86. The van der Waals surface area contributed by atoms with Crippen molar-refractivity contribution in [2.45, 2.75) is 25.2 Å². The molecule has 0 amide bonds. The second kappa shape index (κ2) is 11.6. The van der Waals surface area contributed by atoms with Gasteiger partial charge in [-0.3, -0.25) is 4.98 Å². The normalized spacial score (nSPS) is 17.8. The summed E-state index contributed by atoms with van der Waals surface area (Å²) in [6, 6.07) is 9.67. The van der Waals surface area contributed by atoms with E-state index in [0.717, 1.165) is 50.2 Å². The van der Waals surface area contributed by atoms with E-state index in [4.69, 9.17) is 29.9 Å². The average Bonchev–Trinajstić information content (AvgIpc) is 3.81. The van der Waals surface area contributed by atoms with Crippen LogP contribution in [-0.2, 0) is 0 Å². The Morgan fingerprint density at radius 2 is 1.89 bits per heavy atom. The van der Waals surface area contributed by atoms with Crippen molar-refractivity contribution in [2.24, 2.45) is 0 Å². The molecule has 1 saturated carbocycles. The second-order valence-corrected chi connectivity index (χ2v) is 10.1. The average molecular weight is 539 g/mol. The highest BCUT2D eigenvalue weighted by Crippen LogP contribution is 2.47. The SMILES string of the molecule is [2H]C([2H])([2H])N1CCN(CCCOc2cc3ncc(C#N)c(Nc4cc(OC)c(C5CC5)cc4Cl)c3cc2OC)CC1. The van der Waals surface area contributed by atoms with Gasteiger partial charge >= 0.3 is 0 Å². The zero-order valence-corrected chi connectivity index (χ0v) is 22.5. The van der Waals surface area contributed by atoms with Crippen LogP contribution in [-0.4, -0.2) is 75.3 Å². The van der Waals surface area contributed by atoms with Crippen molar-refractivity contribution in [1.29, 1.82) is 5.26 Å². The Bertz CT molecular complexity index is 1450. The number of piperazine rings is 1. The van der Waals surface area contributed by atoms with Crippen LogP contribution in [0, 0.1) is 11.3 Å². The number of fused-ring (bicyclic) bond motifs is 1. The number of benzene rings is 2. The molecule has 2 aromatic carbocycles. The molecule has 5 rings (SSSR count). The number of pyridine rings is 1. The van der Waals surface area contributed by atoms with E-state index in [-0.39, 0.29) is 0 Å². The molecule has 1 aliphatic carbocycles. The lowest BCUT2D eigenvalue weighted by Gasteiger charge is -2.32. The molecule has 0 atom stereocenters. The number of nitriles is 1. The smallest absolute Gasteiger partial charge is 0.163 e. The highest BCUT2D eigenvalue weighted by molar-refractivity contribution is 6.33. The maximum Gasteiger partial charge on any atom is 0.163 e. The topological polar surface area (TPSA) is 82.9 Å². The first-order valence-electron chi connectivity index (χ1n) is 14.4. The number of halogens is 1. The third-order valence-electron chi connectivity index (χ3n) is 7.12. The Labute approximate surface area is 233 Å². The molecular weight excluding hydrogens is 502 g/mol. The van der Waals surface area contributed by atoms with Crippen molar-refractivity contribution < 1.29 is 18.3 Å². The van der Waals surface area contributed by atoms with Gasteiger partial charge in [0.25, 0.3) is 0 Å².